The molecule has 2 aromatic carbocycles. The minimum Gasteiger partial charge on any atom is -0.318 e. The van der Waals surface area contributed by atoms with E-state index in [9.17, 15) is 28.1 Å². The van der Waals surface area contributed by atoms with E-state index in [1.54, 1.807) is 12.1 Å². The number of nitrogens with one attached hydrogen (secondary N) is 2. The third-order valence-electron chi connectivity index (χ3n) is 4.03. The Morgan fingerprint density at radius 2 is 1.64 bits per heavy atom. The van der Waals surface area contributed by atoms with E-state index in [4.69, 9.17) is 0 Å². The first kappa shape index (κ1) is 19.3. The molecule has 0 atom stereocenters. The lowest BCUT2D eigenvalue weighted by Crippen LogP contribution is -2.29. The molecule has 2 N–H and O–H groups in total. The quantitative estimate of drug-likeness (QED) is 0.452. The van der Waals surface area contributed by atoms with Gasteiger partial charge in [-0.15, -0.1) is 0 Å². The van der Waals surface area contributed by atoms with Gasteiger partial charge in [0, 0.05) is 30.1 Å². The Bertz CT molecular complexity index is 1040. The van der Waals surface area contributed by atoms with Gasteiger partial charge in [0.05, 0.1) is 16.4 Å². The van der Waals surface area contributed by atoms with Gasteiger partial charge in [0.25, 0.3) is 5.69 Å². The third-order valence-corrected chi connectivity index (χ3v) is 5.90. The highest BCUT2D eigenvalue weighted by molar-refractivity contribution is 7.93. The summed E-state index contributed by atoms with van der Waals surface area (Å²) >= 11 is 0. The van der Waals surface area contributed by atoms with Gasteiger partial charge in [0.15, 0.2) is 0 Å². The molecule has 2 aromatic rings. The number of carbonyl (C=O) groups excluding carboxylic acids is 2. The lowest BCUT2D eigenvalue weighted by Gasteiger charge is -2.17. The van der Waals surface area contributed by atoms with Crippen LogP contribution in [0.5, 0.6) is 0 Å². The number of carbonyl (C=O) groups is 2. The van der Waals surface area contributed by atoms with Gasteiger partial charge in [0.1, 0.15) is 0 Å². The molecular weight excluding hydrogens is 388 g/mol. The van der Waals surface area contributed by atoms with Crippen LogP contribution in [0.2, 0.25) is 0 Å². The Hall–Kier alpha value is -3.47. The molecule has 146 valence electrons. The molecule has 28 heavy (non-hydrogen) atoms. The number of sulfonamides is 1. The summed E-state index contributed by atoms with van der Waals surface area (Å²) in [5, 5.41) is 15.4. The average molecular weight is 404 g/mol. The lowest BCUT2D eigenvalue weighted by molar-refractivity contribution is -0.384. The van der Waals surface area contributed by atoms with E-state index in [-0.39, 0.29) is 22.8 Å². The number of non-ortho nitro benzene ring substituents is 1. The fraction of sp³-hybridized carbons (Fsp3) is 0.176. The number of nitro groups is 1. The predicted molar refractivity (Wildman–Crippen MR) is 103 cm³/mol. The number of benzene rings is 2. The van der Waals surface area contributed by atoms with Crippen molar-refractivity contribution in [3.63, 3.8) is 0 Å². The molecule has 1 fully saturated rings. The molecule has 2 amide bonds. The summed E-state index contributed by atoms with van der Waals surface area (Å²) in [6.45, 7) is 0.361. The van der Waals surface area contributed by atoms with Gasteiger partial charge < -0.3 is 10.6 Å². The zero-order chi connectivity index (χ0) is 20.3. The van der Waals surface area contributed by atoms with Crippen LogP contribution in [0.25, 0.3) is 0 Å². The molecule has 0 radical (unpaired) electrons. The normalized spacial score (nSPS) is 15.1. The van der Waals surface area contributed by atoms with Crippen LogP contribution in [0, 0.1) is 10.1 Å². The van der Waals surface area contributed by atoms with E-state index in [0.717, 1.165) is 0 Å². The minimum atomic E-state index is -3.36. The fourth-order valence-electron chi connectivity index (χ4n) is 2.71. The van der Waals surface area contributed by atoms with Crippen molar-refractivity contribution in [2.45, 2.75) is 6.42 Å². The zero-order valence-corrected chi connectivity index (χ0v) is 15.3. The summed E-state index contributed by atoms with van der Waals surface area (Å²) < 4.78 is 25.3. The van der Waals surface area contributed by atoms with Gasteiger partial charge in [-0.25, -0.2) is 8.42 Å². The van der Waals surface area contributed by atoms with E-state index >= 15 is 0 Å². The van der Waals surface area contributed by atoms with Crippen LogP contribution in [0.1, 0.15) is 6.42 Å². The number of amides is 2. The van der Waals surface area contributed by atoms with Crippen LogP contribution in [-0.2, 0) is 19.6 Å². The molecule has 0 bridgehead atoms. The van der Waals surface area contributed by atoms with Crippen molar-refractivity contribution < 1.29 is 22.9 Å². The zero-order valence-electron chi connectivity index (χ0n) is 14.5. The number of nitrogens with zero attached hydrogens (tertiary/aromatic N) is 2. The molecule has 1 heterocycles. The maximum absolute atomic E-state index is 12.1. The first-order valence-electron chi connectivity index (χ1n) is 8.23. The van der Waals surface area contributed by atoms with E-state index in [1.165, 1.54) is 40.7 Å². The van der Waals surface area contributed by atoms with Crippen molar-refractivity contribution in [1.29, 1.82) is 0 Å². The molecule has 3 rings (SSSR count). The van der Waals surface area contributed by atoms with Gasteiger partial charge in [0.2, 0.25) is 10.0 Å². The highest BCUT2D eigenvalue weighted by Gasteiger charge is 2.28. The summed E-state index contributed by atoms with van der Waals surface area (Å²) in [6.07, 6.45) is 0.524. The van der Waals surface area contributed by atoms with Crippen molar-refractivity contribution in [2.24, 2.45) is 0 Å². The number of anilines is 3. The van der Waals surface area contributed by atoms with Gasteiger partial charge >= 0.3 is 11.8 Å². The summed E-state index contributed by atoms with van der Waals surface area (Å²) in [4.78, 5) is 34.1. The van der Waals surface area contributed by atoms with Crippen molar-refractivity contribution in [1.82, 2.24) is 0 Å². The second kappa shape index (κ2) is 7.64. The molecule has 11 heteroatoms. The Balaban J connectivity index is 1.66. The van der Waals surface area contributed by atoms with Crippen LogP contribution in [0.15, 0.2) is 48.5 Å². The Morgan fingerprint density at radius 1 is 1.00 bits per heavy atom. The molecule has 1 aliphatic rings. The number of hydrogen-bond acceptors (Lipinski definition) is 6. The van der Waals surface area contributed by atoms with Crippen molar-refractivity contribution in [2.75, 3.05) is 27.2 Å². The third kappa shape index (κ3) is 4.26. The van der Waals surface area contributed by atoms with Gasteiger partial charge in [-0.2, -0.15) is 0 Å². The monoisotopic (exact) mass is 404 g/mol. The Labute approximate surface area is 160 Å². The van der Waals surface area contributed by atoms with E-state index in [1.807, 2.05) is 0 Å². The van der Waals surface area contributed by atoms with Crippen LogP contribution in [0.3, 0.4) is 0 Å². The van der Waals surface area contributed by atoms with Crippen LogP contribution >= 0.6 is 0 Å². The van der Waals surface area contributed by atoms with Crippen molar-refractivity contribution in [3.8, 4) is 0 Å². The molecule has 0 saturated carbocycles. The minimum absolute atomic E-state index is 0.0707. The molecule has 1 saturated heterocycles. The molecule has 1 aliphatic heterocycles. The maximum Gasteiger partial charge on any atom is 0.314 e. The Kier molecular flexibility index (Phi) is 5.27. The molecule has 0 unspecified atom stereocenters. The van der Waals surface area contributed by atoms with Gasteiger partial charge in [-0.1, -0.05) is 6.07 Å². The number of hydrogen-bond donors (Lipinski definition) is 2. The molecule has 0 aliphatic carbocycles. The SMILES string of the molecule is O=C(Nc1ccc([N+](=O)[O-])cc1)C(=O)Nc1cccc(N2CCCS2(=O)=O)c1. The first-order chi connectivity index (χ1) is 13.3. The molecule has 0 spiro atoms. The largest absolute Gasteiger partial charge is 0.318 e. The Morgan fingerprint density at radius 3 is 2.21 bits per heavy atom. The predicted octanol–water partition coefficient (Wildman–Crippen LogP) is 1.71. The molecule has 10 nitrogen and oxygen atoms in total. The summed E-state index contributed by atoms with van der Waals surface area (Å²) in [6, 6.07) is 11.2. The van der Waals surface area contributed by atoms with E-state index < -0.39 is 26.8 Å². The van der Waals surface area contributed by atoms with Gasteiger partial charge in [-0.3, -0.25) is 24.0 Å². The smallest absolute Gasteiger partial charge is 0.314 e. The lowest BCUT2D eigenvalue weighted by atomic mass is 10.2. The van der Waals surface area contributed by atoms with E-state index in [0.29, 0.717) is 18.7 Å². The van der Waals surface area contributed by atoms with Gasteiger partial charge in [-0.05, 0) is 36.8 Å². The average Bonchev–Trinajstić information content (AvgIpc) is 3.01. The standard InChI is InChI=1S/C17H16N4O6S/c22-16(18-12-5-7-14(8-6-12)21(24)25)17(23)19-13-3-1-4-15(11-13)20-9-2-10-28(20,26)27/h1,3-8,11H,2,9-10H2,(H,18,22)(H,19,23). The van der Waals surface area contributed by atoms with Crippen LogP contribution in [-0.4, -0.2) is 37.5 Å². The number of rotatable bonds is 4. The highest BCUT2D eigenvalue weighted by Crippen LogP contribution is 2.26. The van der Waals surface area contributed by atoms with E-state index in [2.05, 4.69) is 10.6 Å². The van der Waals surface area contributed by atoms with Crippen LogP contribution in [0.4, 0.5) is 22.7 Å². The second-order valence-electron chi connectivity index (χ2n) is 6.00. The summed E-state index contributed by atoms with van der Waals surface area (Å²) in [5.74, 6) is -1.85. The molecular formula is C17H16N4O6S. The molecule has 0 aromatic heterocycles. The highest BCUT2D eigenvalue weighted by atomic mass is 32.2. The van der Waals surface area contributed by atoms with Crippen molar-refractivity contribution >= 4 is 44.6 Å². The summed E-state index contributed by atoms with van der Waals surface area (Å²) in [5.41, 5.74) is 0.758. The van der Waals surface area contributed by atoms with Crippen LogP contribution < -0.4 is 14.9 Å². The second-order valence-corrected chi connectivity index (χ2v) is 8.02. The topological polar surface area (TPSA) is 139 Å². The van der Waals surface area contributed by atoms with Crippen molar-refractivity contribution in [3.05, 3.63) is 58.6 Å². The maximum atomic E-state index is 12.1. The summed E-state index contributed by atoms with van der Waals surface area (Å²) in [7, 11) is -3.36. The first-order valence-corrected chi connectivity index (χ1v) is 9.84. The number of nitro benzene ring substituents is 1. The fourth-order valence-corrected chi connectivity index (χ4v) is 4.27.